The summed E-state index contributed by atoms with van der Waals surface area (Å²) in [5.74, 6) is 0. The standard InChI is InChI=1S/C12H7N3O4/c16-14(17)8-5-9-10(12(6-8)15(18)19)7-13-4-2-1-3-11(9)13/h1-7H. The average Bonchev–Trinajstić information content (AvgIpc) is 2.75. The van der Waals surface area contributed by atoms with E-state index in [-0.39, 0.29) is 11.4 Å². The Labute approximate surface area is 106 Å². The Kier molecular flexibility index (Phi) is 2.21. The van der Waals surface area contributed by atoms with Gasteiger partial charge < -0.3 is 4.40 Å². The van der Waals surface area contributed by atoms with Crippen molar-refractivity contribution in [3.8, 4) is 0 Å². The van der Waals surface area contributed by atoms with Gasteiger partial charge in [0.25, 0.3) is 11.4 Å². The van der Waals surface area contributed by atoms with Crippen molar-refractivity contribution in [3.63, 3.8) is 0 Å². The lowest BCUT2D eigenvalue weighted by Crippen LogP contribution is -1.92. The van der Waals surface area contributed by atoms with Gasteiger partial charge in [-0.25, -0.2) is 0 Å². The first-order valence-corrected chi connectivity index (χ1v) is 5.40. The van der Waals surface area contributed by atoms with E-state index in [0.717, 1.165) is 6.07 Å². The molecule has 0 aliphatic rings. The first-order valence-electron chi connectivity index (χ1n) is 5.40. The predicted molar refractivity (Wildman–Crippen MR) is 68.2 cm³/mol. The second-order valence-corrected chi connectivity index (χ2v) is 4.06. The molecule has 0 aliphatic carbocycles. The SMILES string of the molecule is O=[N+]([O-])c1cc([N+](=O)[O-])c2cn3ccccc3c2c1. The number of hydrogen-bond donors (Lipinski definition) is 0. The number of pyridine rings is 1. The Hall–Kier alpha value is -2.96. The Morgan fingerprint density at radius 2 is 1.79 bits per heavy atom. The summed E-state index contributed by atoms with van der Waals surface area (Å²) in [7, 11) is 0. The van der Waals surface area contributed by atoms with Crippen molar-refractivity contribution in [2.45, 2.75) is 0 Å². The van der Waals surface area contributed by atoms with Crippen LogP contribution >= 0.6 is 0 Å². The van der Waals surface area contributed by atoms with E-state index >= 15 is 0 Å². The molecule has 94 valence electrons. The maximum absolute atomic E-state index is 11.0. The van der Waals surface area contributed by atoms with Gasteiger partial charge >= 0.3 is 0 Å². The zero-order valence-corrected chi connectivity index (χ0v) is 9.52. The Balaban J connectivity index is 2.52. The van der Waals surface area contributed by atoms with Gasteiger partial charge in [-0.15, -0.1) is 0 Å². The van der Waals surface area contributed by atoms with E-state index in [0.29, 0.717) is 16.3 Å². The smallest absolute Gasteiger partial charge is 0.285 e. The molecule has 0 amide bonds. The van der Waals surface area contributed by atoms with Gasteiger partial charge in [0.15, 0.2) is 0 Å². The molecular weight excluding hydrogens is 250 g/mol. The van der Waals surface area contributed by atoms with Crippen molar-refractivity contribution < 1.29 is 9.85 Å². The molecule has 0 spiro atoms. The zero-order chi connectivity index (χ0) is 13.6. The monoisotopic (exact) mass is 257 g/mol. The number of nitro benzene ring substituents is 2. The van der Waals surface area contributed by atoms with Crippen molar-refractivity contribution in [2.75, 3.05) is 0 Å². The quantitative estimate of drug-likeness (QED) is 0.521. The van der Waals surface area contributed by atoms with Gasteiger partial charge in [-0.3, -0.25) is 20.2 Å². The zero-order valence-electron chi connectivity index (χ0n) is 9.52. The topological polar surface area (TPSA) is 90.7 Å². The van der Waals surface area contributed by atoms with Crippen LogP contribution in [0.15, 0.2) is 42.7 Å². The van der Waals surface area contributed by atoms with Crippen LogP contribution in [-0.4, -0.2) is 14.2 Å². The lowest BCUT2D eigenvalue weighted by atomic mass is 10.1. The molecule has 7 nitrogen and oxygen atoms in total. The van der Waals surface area contributed by atoms with E-state index in [1.165, 1.54) is 6.07 Å². The van der Waals surface area contributed by atoms with E-state index in [4.69, 9.17) is 0 Å². The first-order chi connectivity index (χ1) is 9.08. The third-order valence-corrected chi connectivity index (χ3v) is 2.98. The van der Waals surface area contributed by atoms with Crippen molar-refractivity contribution in [3.05, 3.63) is 63.0 Å². The molecule has 0 fully saturated rings. The molecule has 7 heteroatoms. The fraction of sp³-hybridized carbons (Fsp3) is 0. The highest BCUT2D eigenvalue weighted by Crippen LogP contribution is 2.34. The van der Waals surface area contributed by atoms with Crippen LogP contribution in [0.3, 0.4) is 0 Å². The van der Waals surface area contributed by atoms with Crippen LogP contribution in [0, 0.1) is 20.2 Å². The molecule has 0 radical (unpaired) electrons. The van der Waals surface area contributed by atoms with Crippen molar-refractivity contribution in [1.29, 1.82) is 0 Å². The van der Waals surface area contributed by atoms with Gasteiger partial charge in [0.2, 0.25) is 0 Å². The number of nitro groups is 2. The van der Waals surface area contributed by atoms with Crippen molar-refractivity contribution in [1.82, 2.24) is 4.40 Å². The highest BCUT2D eigenvalue weighted by Gasteiger charge is 2.21. The summed E-state index contributed by atoms with van der Waals surface area (Å²) in [6.07, 6.45) is 3.34. The number of non-ortho nitro benzene ring substituents is 2. The molecule has 0 saturated carbocycles. The molecule has 0 bridgehead atoms. The summed E-state index contributed by atoms with van der Waals surface area (Å²) in [5, 5.41) is 22.8. The molecule has 0 atom stereocenters. The van der Waals surface area contributed by atoms with E-state index < -0.39 is 9.85 Å². The Morgan fingerprint density at radius 1 is 1.00 bits per heavy atom. The maximum Gasteiger partial charge on any atom is 0.285 e. The molecular formula is C12H7N3O4. The minimum Gasteiger partial charge on any atom is -0.322 e. The van der Waals surface area contributed by atoms with E-state index in [9.17, 15) is 20.2 Å². The highest BCUT2D eigenvalue weighted by atomic mass is 16.6. The predicted octanol–water partition coefficient (Wildman–Crippen LogP) is 2.91. The van der Waals surface area contributed by atoms with Gasteiger partial charge in [0.05, 0.1) is 26.8 Å². The number of rotatable bonds is 2. The Bertz CT molecular complexity index is 837. The van der Waals surface area contributed by atoms with Crippen LogP contribution in [-0.2, 0) is 0 Å². The van der Waals surface area contributed by atoms with Gasteiger partial charge in [-0.1, -0.05) is 6.07 Å². The van der Waals surface area contributed by atoms with Crippen LogP contribution in [0.2, 0.25) is 0 Å². The van der Waals surface area contributed by atoms with Crippen LogP contribution in [0.1, 0.15) is 0 Å². The normalized spacial score (nSPS) is 10.9. The number of hydrogen-bond acceptors (Lipinski definition) is 4. The largest absolute Gasteiger partial charge is 0.322 e. The molecule has 0 unspecified atom stereocenters. The van der Waals surface area contributed by atoms with Crippen molar-refractivity contribution >= 4 is 27.7 Å². The van der Waals surface area contributed by atoms with Crippen molar-refractivity contribution in [2.24, 2.45) is 0 Å². The van der Waals surface area contributed by atoms with Gasteiger partial charge in [-0.2, -0.15) is 0 Å². The number of fused-ring (bicyclic) bond motifs is 3. The molecule has 2 heterocycles. The molecule has 1 aromatic carbocycles. The second-order valence-electron chi connectivity index (χ2n) is 4.06. The number of nitrogens with zero attached hydrogens (tertiary/aromatic N) is 3. The molecule has 0 saturated heterocycles. The van der Waals surface area contributed by atoms with Gasteiger partial charge in [0, 0.05) is 23.8 Å². The summed E-state index contributed by atoms with van der Waals surface area (Å²) < 4.78 is 1.71. The second kappa shape index (κ2) is 3.77. The van der Waals surface area contributed by atoms with E-state index in [2.05, 4.69) is 0 Å². The molecule has 0 aliphatic heterocycles. The number of aromatic nitrogens is 1. The van der Waals surface area contributed by atoms with Gasteiger partial charge in [-0.05, 0) is 12.1 Å². The fourth-order valence-electron chi connectivity index (χ4n) is 2.16. The Morgan fingerprint density at radius 3 is 2.47 bits per heavy atom. The molecule has 2 aromatic heterocycles. The number of benzene rings is 1. The summed E-state index contributed by atoms with van der Waals surface area (Å²) >= 11 is 0. The van der Waals surface area contributed by atoms with Crippen LogP contribution < -0.4 is 0 Å². The van der Waals surface area contributed by atoms with E-state index in [1.54, 1.807) is 35.0 Å². The molecule has 3 rings (SSSR count). The first kappa shape index (κ1) is 11.1. The van der Waals surface area contributed by atoms with E-state index in [1.807, 2.05) is 0 Å². The maximum atomic E-state index is 11.0. The lowest BCUT2D eigenvalue weighted by Gasteiger charge is -1.96. The van der Waals surface area contributed by atoms with Crippen LogP contribution in [0.4, 0.5) is 11.4 Å². The van der Waals surface area contributed by atoms with Crippen LogP contribution in [0.5, 0.6) is 0 Å². The van der Waals surface area contributed by atoms with Crippen LogP contribution in [0.25, 0.3) is 16.3 Å². The summed E-state index contributed by atoms with van der Waals surface area (Å²) in [6, 6.07) is 7.67. The third kappa shape index (κ3) is 1.60. The molecule has 3 aromatic rings. The minimum absolute atomic E-state index is 0.257. The lowest BCUT2D eigenvalue weighted by molar-refractivity contribution is -0.393. The molecule has 0 N–H and O–H groups in total. The minimum atomic E-state index is -0.626. The summed E-state index contributed by atoms with van der Waals surface area (Å²) in [5.41, 5.74) is 0.161. The van der Waals surface area contributed by atoms with Gasteiger partial charge in [0.1, 0.15) is 0 Å². The molecule has 19 heavy (non-hydrogen) atoms. The fourth-order valence-corrected chi connectivity index (χ4v) is 2.16. The average molecular weight is 257 g/mol. The summed E-state index contributed by atoms with van der Waals surface area (Å²) in [6.45, 7) is 0. The third-order valence-electron chi connectivity index (χ3n) is 2.98. The highest BCUT2D eigenvalue weighted by molar-refractivity contribution is 6.03. The summed E-state index contributed by atoms with van der Waals surface area (Å²) in [4.78, 5) is 20.7.